The van der Waals surface area contributed by atoms with Gasteiger partial charge in [0, 0.05) is 5.92 Å². The Bertz CT molecular complexity index is 134. The SMILES string of the molecule is CCC1(C(C)C=O)CCCC1. The molecule has 1 saturated carbocycles. The molecule has 0 N–H and O–H groups in total. The van der Waals surface area contributed by atoms with Crippen LogP contribution in [0.4, 0.5) is 0 Å². The predicted molar refractivity (Wildman–Crippen MR) is 46.4 cm³/mol. The summed E-state index contributed by atoms with van der Waals surface area (Å²) in [5.41, 5.74) is 0.377. The van der Waals surface area contributed by atoms with Crippen LogP contribution in [0, 0.1) is 11.3 Å². The summed E-state index contributed by atoms with van der Waals surface area (Å²) < 4.78 is 0. The van der Waals surface area contributed by atoms with E-state index in [0.29, 0.717) is 5.41 Å². The van der Waals surface area contributed by atoms with Crippen LogP contribution < -0.4 is 0 Å². The smallest absolute Gasteiger partial charge is 0.123 e. The molecule has 0 bridgehead atoms. The Balaban J connectivity index is 2.65. The highest BCUT2D eigenvalue weighted by Gasteiger charge is 2.36. The summed E-state index contributed by atoms with van der Waals surface area (Å²) in [5, 5.41) is 0. The van der Waals surface area contributed by atoms with E-state index in [-0.39, 0.29) is 5.92 Å². The van der Waals surface area contributed by atoms with Crippen molar-refractivity contribution in [3.63, 3.8) is 0 Å². The highest BCUT2D eigenvalue weighted by atomic mass is 16.1. The van der Waals surface area contributed by atoms with Crippen molar-refractivity contribution in [2.45, 2.75) is 46.0 Å². The van der Waals surface area contributed by atoms with Crippen LogP contribution in [0.2, 0.25) is 0 Å². The first-order valence-electron chi connectivity index (χ1n) is 4.70. The van der Waals surface area contributed by atoms with E-state index in [1.54, 1.807) is 0 Å². The molecule has 0 aromatic heterocycles. The third kappa shape index (κ3) is 1.47. The average molecular weight is 154 g/mol. The van der Waals surface area contributed by atoms with Gasteiger partial charge in [-0.15, -0.1) is 0 Å². The molecule has 11 heavy (non-hydrogen) atoms. The molecular weight excluding hydrogens is 136 g/mol. The van der Waals surface area contributed by atoms with E-state index < -0.39 is 0 Å². The summed E-state index contributed by atoms with van der Waals surface area (Å²) in [6.07, 6.45) is 7.49. The lowest BCUT2D eigenvalue weighted by molar-refractivity contribution is -0.114. The zero-order chi connectivity index (χ0) is 8.32. The Kier molecular flexibility index (Phi) is 2.69. The quantitative estimate of drug-likeness (QED) is 0.571. The van der Waals surface area contributed by atoms with Crippen molar-refractivity contribution in [2.24, 2.45) is 11.3 Å². The first-order chi connectivity index (χ1) is 5.25. The Hall–Kier alpha value is -0.330. The van der Waals surface area contributed by atoms with Crippen LogP contribution >= 0.6 is 0 Å². The highest BCUT2D eigenvalue weighted by Crippen LogP contribution is 2.46. The fourth-order valence-electron chi connectivity index (χ4n) is 2.35. The Labute approximate surface area is 69.2 Å². The van der Waals surface area contributed by atoms with Gasteiger partial charge in [-0.05, 0) is 24.7 Å². The molecular formula is C10H18O. The lowest BCUT2D eigenvalue weighted by atomic mass is 9.73. The maximum Gasteiger partial charge on any atom is 0.123 e. The van der Waals surface area contributed by atoms with Crippen molar-refractivity contribution in [2.75, 3.05) is 0 Å². The Morgan fingerprint density at radius 1 is 1.45 bits per heavy atom. The third-order valence-corrected chi connectivity index (χ3v) is 3.47. The fourth-order valence-corrected chi connectivity index (χ4v) is 2.35. The molecule has 1 aliphatic rings. The van der Waals surface area contributed by atoms with Crippen LogP contribution in [0.1, 0.15) is 46.0 Å². The van der Waals surface area contributed by atoms with Crippen LogP contribution in [-0.4, -0.2) is 6.29 Å². The van der Waals surface area contributed by atoms with E-state index >= 15 is 0 Å². The van der Waals surface area contributed by atoms with Gasteiger partial charge in [-0.3, -0.25) is 0 Å². The first-order valence-corrected chi connectivity index (χ1v) is 4.70. The maximum absolute atomic E-state index is 10.7. The van der Waals surface area contributed by atoms with Crippen molar-refractivity contribution in [3.05, 3.63) is 0 Å². The van der Waals surface area contributed by atoms with Gasteiger partial charge >= 0.3 is 0 Å². The van der Waals surface area contributed by atoms with Crippen molar-refractivity contribution in [3.8, 4) is 0 Å². The van der Waals surface area contributed by atoms with Gasteiger partial charge in [0.1, 0.15) is 6.29 Å². The van der Waals surface area contributed by atoms with Crippen LogP contribution in [0.5, 0.6) is 0 Å². The molecule has 0 saturated heterocycles. The molecule has 1 atom stereocenters. The minimum atomic E-state index is 0.273. The lowest BCUT2D eigenvalue weighted by Gasteiger charge is -2.30. The second-order valence-electron chi connectivity index (χ2n) is 3.85. The van der Waals surface area contributed by atoms with E-state index in [1.165, 1.54) is 32.1 Å². The predicted octanol–water partition coefficient (Wildman–Crippen LogP) is 2.79. The summed E-state index contributed by atoms with van der Waals surface area (Å²) in [4.78, 5) is 10.7. The van der Waals surface area contributed by atoms with Crippen LogP contribution in [-0.2, 0) is 4.79 Å². The molecule has 1 nitrogen and oxygen atoms in total. The molecule has 1 fully saturated rings. The Morgan fingerprint density at radius 2 is 2.00 bits per heavy atom. The van der Waals surface area contributed by atoms with E-state index in [2.05, 4.69) is 13.8 Å². The molecule has 0 amide bonds. The molecule has 1 rings (SSSR count). The standard InChI is InChI=1S/C10H18O/c1-3-10(9(2)8-11)6-4-5-7-10/h8-9H,3-7H2,1-2H3. The molecule has 0 aliphatic heterocycles. The third-order valence-electron chi connectivity index (χ3n) is 3.47. The van der Waals surface area contributed by atoms with Crippen molar-refractivity contribution < 1.29 is 4.79 Å². The monoisotopic (exact) mass is 154 g/mol. The molecule has 0 radical (unpaired) electrons. The van der Waals surface area contributed by atoms with Gasteiger partial charge in [-0.2, -0.15) is 0 Å². The van der Waals surface area contributed by atoms with Gasteiger partial charge < -0.3 is 4.79 Å². The lowest BCUT2D eigenvalue weighted by Crippen LogP contribution is -2.25. The summed E-state index contributed by atoms with van der Waals surface area (Å²) in [6, 6.07) is 0. The van der Waals surface area contributed by atoms with Crippen LogP contribution in [0.15, 0.2) is 0 Å². The normalized spacial score (nSPS) is 24.9. The summed E-state index contributed by atoms with van der Waals surface area (Å²) in [6.45, 7) is 4.28. The van der Waals surface area contributed by atoms with Crippen LogP contribution in [0.25, 0.3) is 0 Å². The molecule has 0 aromatic carbocycles. The summed E-state index contributed by atoms with van der Waals surface area (Å²) in [7, 11) is 0. The molecule has 1 unspecified atom stereocenters. The van der Waals surface area contributed by atoms with E-state index in [9.17, 15) is 4.79 Å². The number of aldehydes is 1. The average Bonchev–Trinajstić information content (AvgIpc) is 2.52. The number of carbonyl (C=O) groups excluding carboxylic acids is 1. The van der Waals surface area contributed by atoms with E-state index in [0.717, 1.165) is 6.29 Å². The second kappa shape index (κ2) is 3.38. The number of rotatable bonds is 3. The second-order valence-corrected chi connectivity index (χ2v) is 3.85. The number of carbonyl (C=O) groups is 1. The fraction of sp³-hybridized carbons (Fsp3) is 0.900. The van der Waals surface area contributed by atoms with E-state index in [4.69, 9.17) is 0 Å². The summed E-state index contributed by atoms with van der Waals surface area (Å²) >= 11 is 0. The topological polar surface area (TPSA) is 17.1 Å². The number of hydrogen-bond acceptors (Lipinski definition) is 1. The maximum atomic E-state index is 10.7. The Morgan fingerprint density at radius 3 is 2.36 bits per heavy atom. The van der Waals surface area contributed by atoms with Gasteiger partial charge in [0.25, 0.3) is 0 Å². The molecule has 0 aromatic rings. The molecule has 1 heteroatoms. The van der Waals surface area contributed by atoms with Gasteiger partial charge in [-0.25, -0.2) is 0 Å². The van der Waals surface area contributed by atoms with Crippen molar-refractivity contribution in [1.82, 2.24) is 0 Å². The zero-order valence-corrected chi connectivity index (χ0v) is 7.60. The molecule has 0 heterocycles. The minimum Gasteiger partial charge on any atom is -0.303 e. The van der Waals surface area contributed by atoms with Crippen LogP contribution in [0.3, 0.4) is 0 Å². The largest absolute Gasteiger partial charge is 0.303 e. The van der Waals surface area contributed by atoms with Gasteiger partial charge in [-0.1, -0.05) is 26.7 Å². The van der Waals surface area contributed by atoms with Gasteiger partial charge in [0.05, 0.1) is 0 Å². The molecule has 0 spiro atoms. The zero-order valence-electron chi connectivity index (χ0n) is 7.60. The van der Waals surface area contributed by atoms with Crippen molar-refractivity contribution in [1.29, 1.82) is 0 Å². The molecule has 1 aliphatic carbocycles. The first kappa shape index (κ1) is 8.76. The molecule has 64 valence electrons. The van der Waals surface area contributed by atoms with E-state index in [1.807, 2.05) is 0 Å². The summed E-state index contributed by atoms with van der Waals surface area (Å²) in [5.74, 6) is 0.273. The van der Waals surface area contributed by atoms with Crippen molar-refractivity contribution >= 4 is 6.29 Å². The highest BCUT2D eigenvalue weighted by molar-refractivity contribution is 5.54. The van der Waals surface area contributed by atoms with Gasteiger partial charge in [0.2, 0.25) is 0 Å². The number of hydrogen-bond donors (Lipinski definition) is 0. The minimum absolute atomic E-state index is 0.273. The van der Waals surface area contributed by atoms with Gasteiger partial charge in [0.15, 0.2) is 0 Å².